The molecule has 0 aromatic heterocycles. The minimum atomic E-state index is -0.675. The molecule has 0 saturated heterocycles. The summed E-state index contributed by atoms with van der Waals surface area (Å²) in [6.45, 7) is 2.44. The average molecular weight is 352 g/mol. The molecule has 0 unspecified atom stereocenters. The number of carbonyl (C=O) groups excluding carboxylic acids is 1. The van der Waals surface area contributed by atoms with E-state index >= 15 is 0 Å². The van der Waals surface area contributed by atoms with Crippen LogP contribution in [0.5, 0.6) is 5.75 Å². The van der Waals surface area contributed by atoms with Crippen molar-refractivity contribution >= 4 is 23.0 Å². The van der Waals surface area contributed by atoms with E-state index in [2.05, 4.69) is 10.6 Å². The van der Waals surface area contributed by atoms with E-state index in [0.717, 1.165) is 0 Å². The molecular weight excluding hydrogens is 336 g/mol. The number of anilines is 2. The quantitative estimate of drug-likeness (QED) is 0.341. The maximum atomic E-state index is 12.2. The topological polar surface area (TPSA) is 117 Å². The van der Waals surface area contributed by atoms with Crippen LogP contribution in [-0.2, 0) is 4.79 Å². The number of hydrogen-bond donors (Lipinski definition) is 2. The minimum absolute atomic E-state index is 0.155. The highest BCUT2D eigenvalue weighted by Gasteiger charge is 2.12. The lowest BCUT2D eigenvalue weighted by molar-refractivity contribution is -0.384. The van der Waals surface area contributed by atoms with E-state index < -0.39 is 10.8 Å². The molecule has 0 fully saturated rings. The summed E-state index contributed by atoms with van der Waals surface area (Å²) in [7, 11) is 0. The van der Waals surface area contributed by atoms with Gasteiger partial charge >= 0.3 is 0 Å². The van der Waals surface area contributed by atoms with E-state index in [1.807, 2.05) is 6.92 Å². The van der Waals surface area contributed by atoms with Gasteiger partial charge < -0.3 is 15.4 Å². The van der Waals surface area contributed by atoms with Crippen LogP contribution in [0.2, 0.25) is 0 Å². The number of rotatable bonds is 7. The second-order valence-corrected chi connectivity index (χ2v) is 5.03. The lowest BCUT2D eigenvalue weighted by Crippen LogP contribution is -2.14. The van der Waals surface area contributed by atoms with Gasteiger partial charge in [-0.15, -0.1) is 0 Å². The van der Waals surface area contributed by atoms with Gasteiger partial charge in [-0.3, -0.25) is 14.9 Å². The number of amides is 1. The van der Waals surface area contributed by atoms with Crippen LogP contribution >= 0.6 is 0 Å². The Morgan fingerprint density at radius 2 is 2.00 bits per heavy atom. The van der Waals surface area contributed by atoms with Crippen LogP contribution in [0.4, 0.5) is 17.1 Å². The zero-order valence-electron chi connectivity index (χ0n) is 13.9. The molecule has 8 heteroatoms. The highest BCUT2D eigenvalue weighted by molar-refractivity contribution is 6.06. The van der Waals surface area contributed by atoms with Crippen LogP contribution in [0.1, 0.15) is 6.92 Å². The van der Waals surface area contributed by atoms with Crippen molar-refractivity contribution in [3.63, 3.8) is 0 Å². The number of nitro groups is 1. The predicted octanol–water partition coefficient (Wildman–Crippen LogP) is 3.45. The highest BCUT2D eigenvalue weighted by Crippen LogP contribution is 2.18. The molecule has 0 spiro atoms. The molecule has 0 heterocycles. The zero-order chi connectivity index (χ0) is 18.9. The van der Waals surface area contributed by atoms with Gasteiger partial charge in [0.1, 0.15) is 17.4 Å². The fourth-order valence-electron chi connectivity index (χ4n) is 2.01. The number of non-ortho nitro benzene ring substituents is 1. The summed E-state index contributed by atoms with van der Waals surface area (Å²) in [6, 6.07) is 14.3. The number of nitro benzene ring substituents is 1. The lowest BCUT2D eigenvalue weighted by atomic mass is 10.2. The third kappa shape index (κ3) is 5.07. The van der Waals surface area contributed by atoms with Crippen molar-refractivity contribution in [1.29, 1.82) is 5.26 Å². The van der Waals surface area contributed by atoms with Crippen LogP contribution < -0.4 is 15.4 Å². The molecule has 132 valence electrons. The summed E-state index contributed by atoms with van der Waals surface area (Å²) in [5.41, 5.74) is 0.568. The van der Waals surface area contributed by atoms with Gasteiger partial charge in [-0.2, -0.15) is 5.26 Å². The van der Waals surface area contributed by atoms with Gasteiger partial charge in [0.25, 0.3) is 11.6 Å². The van der Waals surface area contributed by atoms with Crippen molar-refractivity contribution in [3.8, 4) is 11.8 Å². The molecule has 0 aliphatic carbocycles. The van der Waals surface area contributed by atoms with Gasteiger partial charge in [0.2, 0.25) is 0 Å². The third-order valence-electron chi connectivity index (χ3n) is 3.23. The van der Waals surface area contributed by atoms with Gasteiger partial charge in [-0.25, -0.2) is 0 Å². The molecule has 8 nitrogen and oxygen atoms in total. The maximum Gasteiger partial charge on any atom is 0.271 e. The Morgan fingerprint density at radius 3 is 2.62 bits per heavy atom. The van der Waals surface area contributed by atoms with Crippen LogP contribution in [0.25, 0.3) is 0 Å². The molecule has 2 aromatic carbocycles. The van der Waals surface area contributed by atoms with E-state index in [9.17, 15) is 14.9 Å². The second-order valence-electron chi connectivity index (χ2n) is 5.03. The van der Waals surface area contributed by atoms with Crippen LogP contribution in [-0.4, -0.2) is 17.4 Å². The van der Waals surface area contributed by atoms with E-state index in [0.29, 0.717) is 18.0 Å². The van der Waals surface area contributed by atoms with E-state index in [4.69, 9.17) is 10.00 Å². The summed E-state index contributed by atoms with van der Waals surface area (Å²) in [5.74, 6) is 0.0392. The summed E-state index contributed by atoms with van der Waals surface area (Å²) in [6.07, 6.45) is 1.27. The van der Waals surface area contributed by atoms with Crippen molar-refractivity contribution < 1.29 is 14.5 Å². The lowest BCUT2D eigenvalue weighted by Gasteiger charge is -2.06. The molecule has 2 aromatic rings. The first-order valence-corrected chi connectivity index (χ1v) is 7.69. The Hall–Kier alpha value is -3.86. The number of nitrogens with one attached hydrogen (secondary N) is 2. The zero-order valence-corrected chi connectivity index (χ0v) is 13.9. The number of nitriles is 1. The SMILES string of the molecule is CCOc1ccc(N/C=C(/C#N)C(=O)Nc2cccc([N+](=O)[O-])c2)cc1. The molecule has 0 saturated carbocycles. The number of ether oxygens (including phenoxy) is 1. The smallest absolute Gasteiger partial charge is 0.271 e. The van der Waals surface area contributed by atoms with Crippen molar-refractivity contribution in [2.24, 2.45) is 0 Å². The van der Waals surface area contributed by atoms with Crippen molar-refractivity contribution in [1.82, 2.24) is 0 Å². The highest BCUT2D eigenvalue weighted by atomic mass is 16.6. The molecule has 26 heavy (non-hydrogen) atoms. The van der Waals surface area contributed by atoms with Crippen molar-refractivity contribution in [2.75, 3.05) is 17.2 Å². The number of hydrogen-bond acceptors (Lipinski definition) is 6. The summed E-state index contributed by atoms with van der Waals surface area (Å²) in [5, 5.41) is 25.2. The minimum Gasteiger partial charge on any atom is -0.494 e. The predicted molar refractivity (Wildman–Crippen MR) is 96.7 cm³/mol. The van der Waals surface area contributed by atoms with Gasteiger partial charge in [0, 0.05) is 29.7 Å². The molecule has 0 aliphatic heterocycles. The van der Waals surface area contributed by atoms with E-state index in [1.165, 1.54) is 30.5 Å². The second kappa shape index (κ2) is 8.84. The fourth-order valence-corrected chi connectivity index (χ4v) is 2.01. The largest absolute Gasteiger partial charge is 0.494 e. The number of nitrogens with zero attached hydrogens (tertiary/aromatic N) is 2. The first-order chi connectivity index (χ1) is 12.5. The number of carbonyl (C=O) groups is 1. The van der Waals surface area contributed by atoms with Crippen LogP contribution in [0.15, 0.2) is 60.3 Å². The molecule has 0 radical (unpaired) electrons. The summed E-state index contributed by atoms with van der Waals surface area (Å²) >= 11 is 0. The Balaban J connectivity index is 2.06. The van der Waals surface area contributed by atoms with Gasteiger partial charge in [0.15, 0.2) is 0 Å². The summed E-state index contributed by atoms with van der Waals surface area (Å²) in [4.78, 5) is 22.4. The Morgan fingerprint density at radius 1 is 1.27 bits per heavy atom. The molecular formula is C18H16N4O4. The first kappa shape index (κ1) is 18.5. The standard InChI is InChI=1S/C18H16N4O4/c1-2-26-17-8-6-14(7-9-17)20-12-13(11-19)18(23)21-15-4-3-5-16(10-15)22(24)25/h3-10,12,20H,2H2,1H3,(H,21,23)/b13-12-. The average Bonchev–Trinajstić information content (AvgIpc) is 2.64. The number of benzene rings is 2. The molecule has 0 aliphatic rings. The monoisotopic (exact) mass is 352 g/mol. The fraction of sp³-hybridized carbons (Fsp3) is 0.111. The van der Waals surface area contributed by atoms with Gasteiger partial charge in [-0.1, -0.05) is 6.07 Å². The third-order valence-corrected chi connectivity index (χ3v) is 3.23. The Labute approximate surface area is 149 Å². The molecule has 0 atom stereocenters. The molecule has 2 rings (SSSR count). The van der Waals surface area contributed by atoms with E-state index in [-0.39, 0.29) is 16.9 Å². The van der Waals surface area contributed by atoms with Gasteiger partial charge in [0.05, 0.1) is 11.5 Å². The van der Waals surface area contributed by atoms with Gasteiger partial charge in [-0.05, 0) is 37.3 Å². The normalized spacial score (nSPS) is 10.5. The van der Waals surface area contributed by atoms with Crippen LogP contribution in [0, 0.1) is 21.4 Å². The molecule has 0 bridgehead atoms. The summed E-state index contributed by atoms with van der Waals surface area (Å²) < 4.78 is 5.33. The Kier molecular flexibility index (Phi) is 6.28. The first-order valence-electron chi connectivity index (χ1n) is 7.69. The maximum absolute atomic E-state index is 12.2. The Bertz CT molecular complexity index is 870. The molecule has 2 N–H and O–H groups in total. The van der Waals surface area contributed by atoms with Crippen molar-refractivity contribution in [3.05, 3.63) is 70.4 Å². The molecule has 1 amide bonds. The van der Waals surface area contributed by atoms with Crippen molar-refractivity contribution in [2.45, 2.75) is 6.92 Å². The van der Waals surface area contributed by atoms with Crippen LogP contribution in [0.3, 0.4) is 0 Å². The van der Waals surface area contributed by atoms with E-state index in [1.54, 1.807) is 30.3 Å².